The van der Waals surface area contributed by atoms with Crippen LogP contribution in [0.4, 0.5) is 11.4 Å². The summed E-state index contributed by atoms with van der Waals surface area (Å²) in [5.41, 5.74) is 8.09. The predicted octanol–water partition coefficient (Wildman–Crippen LogP) is 5.93. The third-order valence-corrected chi connectivity index (χ3v) is 11.1. The second-order valence-electron chi connectivity index (χ2n) is 12.1. The Morgan fingerprint density at radius 3 is 2.17 bits per heavy atom. The molecule has 1 aliphatic heterocycles. The molecule has 1 aliphatic rings. The van der Waals surface area contributed by atoms with Crippen LogP contribution in [-0.2, 0) is 22.0 Å². The second-order valence-corrected chi connectivity index (χ2v) is 15.4. The number of non-ortho nitro benzene ring substituents is 1. The van der Waals surface area contributed by atoms with E-state index in [0.29, 0.717) is 41.9 Å². The van der Waals surface area contributed by atoms with E-state index in [1.54, 1.807) is 36.4 Å². The van der Waals surface area contributed by atoms with Crippen molar-refractivity contribution in [1.82, 2.24) is 9.62 Å². The number of thiophene rings is 1. The number of anilines is 1. The van der Waals surface area contributed by atoms with Crippen LogP contribution in [0.25, 0.3) is 0 Å². The van der Waals surface area contributed by atoms with Gasteiger partial charge in [-0.2, -0.15) is 4.31 Å². The molecule has 2 amide bonds. The molecule has 13 heteroatoms. The van der Waals surface area contributed by atoms with Crippen LogP contribution in [0.1, 0.15) is 64.8 Å². The number of primary amides is 1. The van der Waals surface area contributed by atoms with Gasteiger partial charge in [-0.25, -0.2) is 8.42 Å². The SMILES string of the molecule is CC(C)(C)c1cccc(NC2CCN(S(=O)(=O)c3ccc(CNC(=O)c4ccc([N+](=O)[O-])cc4)s3)CC2)c1.NC(=O)c1ccccc1. The third-order valence-electron chi connectivity index (χ3n) is 7.61. The number of nitrogens with two attached hydrogens (primary N) is 1. The lowest BCUT2D eigenvalue weighted by Gasteiger charge is -2.32. The van der Waals surface area contributed by atoms with Crippen LogP contribution in [0.2, 0.25) is 0 Å². The number of sulfonamides is 1. The number of nitro benzene ring substituents is 1. The number of carbonyl (C=O) groups is 2. The Balaban J connectivity index is 0.000000479. The summed E-state index contributed by atoms with van der Waals surface area (Å²) in [7, 11) is -3.62. The summed E-state index contributed by atoms with van der Waals surface area (Å²) >= 11 is 1.13. The van der Waals surface area contributed by atoms with Crippen molar-refractivity contribution < 1.29 is 22.9 Å². The standard InChI is InChI=1S/C27H32N4O5S2.C7H7NO/c1-27(2,3)20-5-4-6-22(17-20)29-21-13-15-30(16-14-21)38(35,36)25-12-11-24(37-25)18-28-26(32)19-7-9-23(10-8-19)31(33)34;8-7(9)6-4-2-1-3-5-6/h4-12,17,21,29H,13-16,18H2,1-3H3,(H,28,32);1-5H,(H2,8,9). The molecule has 0 spiro atoms. The van der Waals surface area contributed by atoms with Gasteiger partial charge in [0.2, 0.25) is 5.91 Å². The van der Waals surface area contributed by atoms with Crippen molar-refractivity contribution in [3.8, 4) is 0 Å². The molecule has 3 aromatic carbocycles. The lowest BCUT2D eigenvalue weighted by molar-refractivity contribution is -0.384. The molecule has 1 aromatic heterocycles. The Bertz CT molecular complexity index is 1790. The summed E-state index contributed by atoms with van der Waals surface area (Å²) in [5, 5.41) is 17.1. The maximum atomic E-state index is 13.2. The minimum atomic E-state index is -3.62. The molecule has 0 atom stereocenters. The lowest BCUT2D eigenvalue weighted by atomic mass is 9.87. The molecule has 2 heterocycles. The van der Waals surface area contributed by atoms with E-state index >= 15 is 0 Å². The van der Waals surface area contributed by atoms with Gasteiger partial charge in [-0.3, -0.25) is 19.7 Å². The van der Waals surface area contributed by atoms with E-state index < -0.39 is 14.9 Å². The molecule has 4 N–H and O–H groups in total. The van der Waals surface area contributed by atoms with Gasteiger partial charge in [0.15, 0.2) is 0 Å². The van der Waals surface area contributed by atoms with Crippen LogP contribution in [0.3, 0.4) is 0 Å². The predicted molar refractivity (Wildman–Crippen MR) is 184 cm³/mol. The van der Waals surface area contributed by atoms with Gasteiger partial charge in [-0.1, -0.05) is 51.1 Å². The highest BCUT2D eigenvalue weighted by Crippen LogP contribution is 2.29. The number of piperidine rings is 1. The second kappa shape index (κ2) is 15.3. The normalized spacial score (nSPS) is 14.0. The fraction of sp³-hybridized carbons (Fsp3) is 0.294. The van der Waals surface area contributed by atoms with E-state index in [-0.39, 0.29) is 39.7 Å². The van der Waals surface area contributed by atoms with Gasteiger partial charge in [-0.05, 0) is 72.4 Å². The zero-order chi connectivity index (χ0) is 34.2. The molecule has 0 aliphatic carbocycles. The van der Waals surface area contributed by atoms with E-state index in [4.69, 9.17) is 5.73 Å². The Kier molecular flexibility index (Phi) is 11.5. The summed E-state index contributed by atoms with van der Waals surface area (Å²) in [6, 6.07) is 25.9. The molecular weight excluding hydrogens is 639 g/mol. The van der Waals surface area contributed by atoms with Crippen molar-refractivity contribution in [3.05, 3.63) is 123 Å². The zero-order valence-electron chi connectivity index (χ0n) is 26.5. The number of nitrogens with one attached hydrogen (secondary N) is 2. The summed E-state index contributed by atoms with van der Waals surface area (Å²) < 4.78 is 28.3. The molecule has 0 radical (unpaired) electrons. The van der Waals surface area contributed by atoms with Crippen molar-refractivity contribution in [3.63, 3.8) is 0 Å². The topological polar surface area (TPSA) is 165 Å². The fourth-order valence-corrected chi connectivity index (χ4v) is 7.80. The lowest BCUT2D eigenvalue weighted by Crippen LogP contribution is -2.42. The summed E-state index contributed by atoms with van der Waals surface area (Å²) in [5.74, 6) is -0.768. The van der Waals surface area contributed by atoms with Gasteiger partial charge in [0.25, 0.3) is 21.6 Å². The number of carbonyl (C=O) groups excluding carboxylic acids is 2. The van der Waals surface area contributed by atoms with Crippen LogP contribution in [-0.4, -0.2) is 48.6 Å². The Labute approximate surface area is 279 Å². The number of nitro groups is 1. The first kappa shape index (κ1) is 35.3. The first-order valence-corrected chi connectivity index (χ1v) is 17.3. The van der Waals surface area contributed by atoms with Crippen molar-refractivity contribution in [1.29, 1.82) is 0 Å². The van der Waals surface area contributed by atoms with E-state index in [9.17, 15) is 28.1 Å². The minimum Gasteiger partial charge on any atom is -0.382 e. The first-order valence-electron chi connectivity index (χ1n) is 15.1. The molecular formula is C34H39N5O6S2. The number of amides is 2. The largest absolute Gasteiger partial charge is 0.382 e. The van der Waals surface area contributed by atoms with Crippen molar-refractivity contribution >= 4 is 44.5 Å². The van der Waals surface area contributed by atoms with Gasteiger partial charge in [0.1, 0.15) is 4.21 Å². The van der Waals surface area contributed by atoms with Gasteiger partial charge >= 0.3 is 0 Å². The maximum Gasteiger partial charge on any atom is 0.269 e. The number of rotatable bonds is 9. The molecule has 248 valence electrons. The van der Waals surface area contributed by atoms with Crippen molar-refractivity contribution in [2.24, 2.45) is 5.73 Å². The van der Waals surface area contributed by atoms with Crippen LogP contribution < -0.4 is 16.4 Å². The van der Waals surface area contributed by atoms with Crippen LogP contribution >= 0.6 is 11.3 Å². The van der Waals surface area contributed by atoms with Gasteiger partial charge < -0.3 is 16.4 Å². The molecule has 1 fully saturated rings. The molecule has 4 aromatic rings. The van der Waals surface area contributed by atoms with Crippen LogP contribution in [0.15, 0.2) is 95.2 Å². The monoisotopic (exact) mass is 677 g/mol. The molecule has 47 heavy (non-hydrogen) atoms. The number of hydrogen-bond acceptors (Lipinski definition) is 8. The first-order chi connectivity index (χ1) is 22.2. The van der Waals surface area contributed by atoms with E-state index in [1.165, 1.54) is 34.1 Å². The minimum absolute atomic E-state index is 0.0578. The van der Waals surface area contributed by atoms with E-state index in [0.717, 1.165) is 17.0 Å². The highest BCUT2D eigenvalue weighted by molar-refractivity contribution is 7.91. The Morgan fingerprint density at radius 2 is 1.60 bits per heavy atom. The van der Waals surface area contributed by atoms with E-state index in [1.807, 2.05) is 18.2 Å². The maximum absolute atomic E-state index is 13.2. The Morgan fingerprint density at radius 1 is 0.936 bits per heavy atom. The number of hydrogen-bond donors (Lipinski definition) is 3. The quantitative estimate of drug-likeness (QED) is 0.146. The summed E-state index contributed by atoms with van der Waals surface area (Å²) in [6.45, 7) is 7.57. The smallest absolute Gasteiger partial charge is 0.269 e. The third kappa shape index (κ3) is 9.70. The number of nitrogens with zero attached hydrogens (tertiary/aromatic N) is 2. The Hall–Kier alpha value is -4.59. The number of benzene rings is 3. The molecule has 11 nitrogen and oxygen atoms in total. The van der Waals surface area contributed by atoms with Gasteiger partial charge in [0.05, 0.1) is 11.5 Å². The van der Waals surface area contributed by atoms with Crippen LogP contribution in [0, 0.1) is 10.1 Å². The summed E-state index contributed by atoms with van der Waals surface area (Å²) in [4.78, 5) is 33.7. The van der Waals surface area contributed by atoms with Gasteiger partial charge in [-0.15, -0.1) is 11.3 Å². The van der Waals surface area contributed by atoms with Crippen LogP contribution in [0.5, 0.6) is 0 Å². The van der Waals surface area contributed by atoms with E-state index in [2.05, 4.69) is 43.5 Å². The molecule has 0 saturated carbocycles. The van der Waals surface area contributed by atoms with Gasteiger partial charge in [0, 0.05) is 53.0 Å². The molecule has 0 unspecified atom stereocenters. The highest BCUT2D eigenvalue weighted by atomic mass is 32.2. The summed E-state index contributed by atoms with van der Waals surface area (Å²) in [6.07, 6.45) is 1.42. The molecule has 0 bridgehead atoms. The molecule has 1 saturated heterocycles. The zero-order valence-corrected chi connectivity index (χ0v) is 28.1. The molecule has 5 rings (SSSR count). The van der Waals surface area contributed by atoms with Crippen molar-refractivity contribution in [2.45, 2.75) is 55.8 Å². The fourth-order valence-electron chi connectivity index (χ4n) is 4.88. The van der Waals surface area contributed by atoms with Crippen molar-refractivity contribution in [2.75, 3.05) is 18.4 Å². The average molecular weight is 678 g/mol. The highest BCUT2D eigenvalue weighted by Gasteiger charge is 2.30. The average Bonchev–Trinajstić information content (AvgIpc) is 3.55.